The van der Waals surface area contributed by atoms with Crippen LogP contribution in [0.4, 0.5) is 0 Å². The molecule has 0 aliphatic carbocycles. The lowest BCUT2D eigenvalue weighted by atomic mass is 10.0. The predicted octanol–water partition coefficient (Wildman–Crippen LogP) is 23.6. The van der Waals surface area contributed by atoms with Crippen molar-refractivity contribution < 1.29 is 28.6 Å². The minimum absolute atomic E-state index is 0.0645. The van der Waals surface area contributed by atoms with Crippen LogP contribution in [0.25, 0.3) is 0 Å². The van der Waals surface area contributed by atoms with Gasteiger partial charge in [-0.15, -0.1) is 0 Å². The molecule has 0 aliphatic heterocycles. The standard InChI is InChI=1S/C70H134O6/c1-4-7-10-13-15-17-19-21-23-25-27-29-31-33-34-35-37-38-40-42-44-46-48-50-52-54-57-60-63-69(72)75-66-67(65-74-68(71)62-59-56-12-9-6-3)76-70(73)64-61-58-55-53-51-49-47-45-43-41-39-36-32-30-28-26-24-22-20-18-16-14-11-8-5-2/h26,28,67H,4-25,27,29-66H2,1-3H3/b28-26-. The van der Waals surface area contributed by atoms with Crippen LogP contribution in [0.3, 0.4) is 0 Å². The van der Waals surface area contributed by atoms with Crippen LogP contribution in [-0.2, 0) is 28.6 Å². The van der Waals surface area contributed by atoms with Crippen molar-refractivity contribution in [3.8, 4) is 0 Å². The molecular formula is C70H134O6. The van der Waals surface area contributed by atoms with Crippen LogP contribution in [0.2, 0.25) is 0 Å². The predicted molar refractivity (Wildman–Crippen MR) is 330 cm³/mol. The van der Waals surface area contributed by atoms with E-state index in [1.54, 1.807) is 0 Å². The molecule has 0 aromatic heterocycles. The van der Waals surface area contributed by atoms with Gasteiger partial charge in [-0.3, -0.25) is 14.4 Å². The molecule has 76 heavy (non-hydrogen) atoms. The summed E-state index contributed by atoms with van der Waals surface area (Å²) in [6, 6.07) is 0. The van der Waals surface area contributed by atoms with Gasteiger partial charge >= 0.3 is 17.9 Å². The van der Waals surface area contributed by atoms with Crippen LogP contribution in [0.15, 0.2) is 12.2 Å². The minimum atomic E-state index is -0.763. The summed E-state index contributed by atoms with van der Waals surface area (Å²) in [6.45, 7) is 6.64. The Balaban J connectivity index is 3.92. The molecule has 450 valence electrons. The number of unbranched alkanes of at least 4 members (excludes halogenated alkanes) is 52. The maximum Gasteiger partial charge on any atom is 0.306 e. The summed E-state index contributed by atoms with van der Waals surface area (Å²) in [5.41, 5.74) is 0. The number of hydrogen-bond donors (Lipinski definition) is 0. The second-order valence-corrected chi connectivity index (χ2v) is 23.8. The second-order valence-electron chi connectivity index (χ2n) is 23.8. The van der Waals surface area contributed by atoms with Gasteiger partial charge in [-0.05, 0) is 44.9 Å². The van der Waals surface area contributed by atoms with Crippen molar-refractivity contribution in [2.75, 3.05) is 13.2 Å². The van der Waals surface area contributed by atoms with Gasteiger partial charge in [0.05, 0.1) is 0 Å². The quantitative estimate of drug-likeness (QED) is 0.0261. The number of allylic oxidation sites excluding steroid dienone is 2. The molecule has 0 aromatic rings. The fraction of sp³-hybridized carbons (Fsp3) is 0.929. The highest BCUT2D eigenvalue weighted by atomic mass is 16.6. The largest absolute Gasteiger partial charge is 0.462 e. The first-order chi connectivity index (χ1) is 37.5. The SMILES string of the molecule is CCCCCCCCCC/C=C\CCCCCCCCCCCCCCCC(=O)OC(COC(=O)CCCCCCC)COC(=O)CCCCCCCCCCCCCCCCCCCCCCCCCCCCCC. The summed E-state index contributed by atoms with van der Waals surface area (Å²) in [4.78, 5) is 38.0. The minimum Gasteiger partial charge on any atom is -0.462 e. The molecule has 0 spiro atoms. The number of hydrogen-bond acceptors (Lipinski definition) is 6. The van der Waals surface area contributed by atoms with E-state index in [-0.39, 0.29) is 31.1 Å². The monoisotopic (exact) mass is 1070 g/mol. The Hall–Kier alpha value is -1.85. The van der Waals surface area contributed by atoms with Gasteiger partial charge in [0.2, 0.25) is 0 Å². The van der Waals surface area contributed by atoms with Crippen LogP contribution in [0.1, 0.15) is 400 Å². The highest BCUT2D eigenvalue weighted by Crippen LogP contribution is 2.19. The normalized spacial score (nSPS) is 12.0. The Morgan fingerprint density at radius 3 is 0.658 bits per heavy atom. The zero-order valence-electron chi connectivity index (χ0n) is 51.8. The van der Waals surface area contributed by atoms with Crippen molar-refractivity contribution >= 4 is 17.9 Å². The van der Waals surface area contributed by atoms with E-state index in [1.165, 1.54) is 295 Å². The summed E-state index contributed by atoms with van der Waals surface area (Å²) >= 11 is 0. The summed E-state index contributed by atoms with van der Waals surface area (Å²) < 4.78 is 16.8. The molecule has 0 radical (unpaired) electrons. The van der Waals surface area contributed by atoms with E-state index in [0.29, 0.717) is 19.3 Å². The van der Waals surface area contributed by atoms with Crippen molar-refractivity contribution in [3.63, 3.8) is 0 Å². The molecule has 0 bridgehead atoms. The van der Waals surface area contributed by atoms with E-state index >= 15 is 0 Å². The maximum atomic E-state index is 12.8. The Bertz CT molecular complexity index is 1180. The van der Waals surface area contributed by atoms with Gasteiger partial charge in [-0.2, -0.15) is 0 Å². The molecule has 0 rings (SSSR count). The first-order valence-corrected chi connectivity index (χ1v) is 34.7. The molecular weight excluding hydrogens is 937 g/mol. The van der Waals surface area contributed by atoms with E-state index in [4.69, 9.17) is 14.2 Å². The van der Waals surface area contributed by atoms with Gasteiger partial charge in [0, 0.05) is 19.3 Å². The average molecular weight is 1070 g/mol. The molecule has 0 amide bonds. The molecule has 0 heterocycles. The fourth-order valence-corrected chi connectivity index (χ4v) is 10.8. The zero-order chi connectivity index (χ0) is 55.0. The van der Waals surface area contributed by atoms with E-state index < -0.39 is 6.10 Å². The second kappa shape index (κ2) is 65.7. The molecule has 0 saturated carbocycles. The van der Waals surface area contributed by atoms with Crippen LogP contribution in [-0.4, -0.2) is 37.2 Å². The average Bonchev–Trinajstić information content (AvgIpc) is 3.42. The van der Waals surface area contributed by atoms with E-state index in [0.717, 1.165) is 64.2 Å². The van der Waals surface area contributed by atoms with Crippen LogP contribution in [0.5, 0.6) is 0 Å². The molecule has 0 aliphatic rings. The van der Waals surface area contributed by atoms with Gasteiger partial charge in [0.25, 0.3) is 0 Å². The van der Waals surface area contributed by atoms with Crippen molar-refractivity contribution in [1.29, 1.82) is 0 Å². The molecule has 0 saturated heterocycles. The lowest BCUT2D eigenvalue weighted by Crippen LogP contribution is -2.30. The third-order valence-corrected chi connectivity index (χ3v) is 16.0. The Labute approximate surface area is 475 Å². The molecule has 0 fully saturated rings. The van der Waals surface area contributed by atoms with Gasteiger partial charge in [0.15, 0.2) is 6.10 Å². The van der Waals surface area contributed by atoms with Crippen molar-refractivity contribution in [3.05, 3.63) is 12.2 Å². The Morgan fingerprint density at radius 1 is 0.250 bits per heavy atom. The Kier molecular flexibility index (Phi) is 64.1. The summed E-state index contributed by atoms with van der Waals surface area (Å²) in [6.07, 6.45) is 78.7. The van der Waals surface area contributed by atoms with Crippen LogP contribution in [0, 0.1) is 0 Å². The van der Waals surface area contributed by atoms with Crippen molar-refractivity contribution in [2.24, 2.45) is 0 Å². The summed E-state index contributed by atoms with van der Waals surface area (Å²) in [5, 5.41) is 0. The zero-order valence-corrected chi connectivity index (χ0v) is 51.8. The lowest BCUT2D eigenvalue weighted by Gasteiger charge is -2.18. The van der Waals surface area contributed by atoms with Crippen LogP contribution < -0.4 is 0 Å². The van der Waals surface area contributed by atoms with Crippen molar-refractivity contribution in [1.82, 2.24) is 0 Å². The highest BCUT2D eigenvalue weighted by molar-refractivity contribution is 5.71. The van der Waals surface area contributed by atoms with Gasteiger partial charge in [-0.25, -0.2) is 0 Å². The van der Waals surface area contributed by atoms with Gasteiger partial charge in [0.1, 0.15) is 13.2 Å². The molecule has 0 aromatic carbocycles. The molecule has 1 unspecified atom stereocenters. The topological polar surface area (TPSA) is 78.9 Å². The molecule has 6 nitrogen and oxygen atoms in total. The van der Waals surface area contributed by atoms with Gasteiger partial charge < -0.3 is 14.2 Å². The number of esters is 3. The highest BCUT2D eigenvalue weighted by Gasteiger charge is 2.19. The van der Waals surface area contributed by atoms with E-state index in [2.05, 4.69) is 32.9 Å². The summed E-state index contributed by atoms with van der Waals surface area (Å²) in [7, 11) is 0. The third kappa shape index (κ3) is 63.0. The molecule has 1 atom stereocenters. The van der Waals surface area contributed by atoms with Crippen LogP contribution >= 0.6 is 0 Å². The number of carbonyl (C=O) groups excluding carboxylic acids is 3. The van der Waals surface area contributed by atoms with E-state index in [9.17, 15) is 14.4 Å². The maximum absolute atomic E-state index is 12.8. The number of carbonyl (C=O) groups is 3. The van der Waals surface area contributed by atoms with Gasteiger partial charge in [-0.1, -0.05) is 348 Å². The smallest absolute Gasteiger partial charge is 0.306 e. The fourth-order valence-electron chi connectivity index (χ4n) is 10.8. The molecule has 0 N–H and O–H groups in total. The summed E-state index contributed by atoms with van der Waals surface area (Å²) in [5.74, 6) is -0.850. The Morgan fingerprint density at radius 2 is 0.434 bits per heavy atom. The first-order valence-electron chi connectivity index (χ1n) is 34.7. The molecule has 6 heteroatoms. The lowest BCUT2D eigenvalue weighted by molar-refractivity contribution is -0.167. The number of ether oxygens (including phenoxy) is 3. The number of rotatable bonds is 65. The van der Waals surface area contributed by atoms with Crippen molar-refractivity contribution in [2.45, 2.75) is 406 Å². The third-order valence-electron chi connectivity index (χ3n) is 16.0. The first kappa shape index (κ1) is 74.2. The van der Waals surface area contributed by atoms with E-state index in [1.807, 2.05) is 0 Å².